The van der Waals surface area contributed by atoms with Gasteiger partial charge in [0, 0.05) is 78.6 Å². The van der Waals surface area contributed by atoms with Gasteiger partial charge in [0.1, 0.15) is 0 Å². The zero-order valence-corrected chi connectivity index (χ0v) is 21.9. The van der Waals surface area contributed by atoms with E-state index in [4.69, 9.17) is 0 Å². The first-order valence-corrected chi connectivity index (χ1v) is 12.4. The Labute approximate surface area is 218 Å². The smallest absolute Gasteiger partial charge is 0.0650 e. The maximum atomic E-state index is 4.55. The monoisotopic (exact) mass is 492 g/mol. The molecule has 0 saturated heterocycles. The summed E-state index contributed by atoms with van der Waals surface area (Å²) in [5, 5.41) is 17.9. The second-order valence-electron chi connectivity index (χ2n) is 10.3. The van der Waals surface area contributed by atoms with E-state index in [1.807, 2.05) is 32.6 Å². The molecule has 4 heteroatoms. The van der Waals surface area contributed by atoms with Gasteiger partial charge in [-0.25, -0.2) is 9.35 Å². The molecule has 0 N–H and O–H groups in total. The van der Waals surface area contributed by atoms with Crippen molar-refractivity contribution in [3.05, 3.63) is 79.2 Å². The van der Waals surface area contributed by atoms with E-state index in [1.54, 1.807) is 0 Å². The van der Waals surface area contributed by atoms with Gasteiger partial charge in [0.05, 0.1) is 21.4 Å². The number of aromatic nitrogens is 4. The minimum atomic E-state index is 0.826. The molecule has 4 nitrogen and oxygen atoms in total. The highest BCUT2D eigenvalue weighted by molar-refractivity contribution is 6.17. The van der Waals surface area contributed by atoms with Gasteiger partial charge in [0.2, 0.25) is 0 Å². The lowest BCUT2D eigenvalue weighted by atomic mass is 10.0. The maximum Gasteiger partial charge on any atom is 0.0650 e. The van der Waals surface area contributed by atoms with E-state index >= 15 is 0 Å². The molecule has 0 spiro atoms. The fraction of sp³-hybridized carbons (Fsp3) is 0.0588. The third-order valence-corrected chi connectivity index (χ3v) is 8.64. The normalized spacial score (nSPS) is 12.3. The van der Waals surface area contributed by atoms with Crippen molar-refractivity contribution in [2.24, 2.45) is 14.1 Å². The highest BCUT2D eigenvalue weighted by Gasteiger charge is 2.16. The third kappa shape index (κ3) is 2.36. The first-order valence-electron chi connectivity index (χ1n) is 12.4. The van der Waals surface area contributed by atoms with Crippen LogP contribution in [0.1, 0.15) is 0 Å². The molecule has 0 bridgehead atoms. The lowest BCUT2D eigenvalue weighted by molar-refractivity contribution is 0.607. The lowest BCUT2D eigenvalue weighted by Crippen LogP contribution is -2.42. The van der Waals surface area contributed by atoms with Gasteiger partial charge in [-0.15, -0.1) is 0 Å². The molecule has 7 rings (SSSR count). The van der Waals surface area contributed by atoms with E-state index in [2.05, 4.69) is 89.0 Å². The Hall–Kier alpha value is -4.96. The standard InChI is InChI=1S/C34H28N4/c1-17-25-11-13-28-27(33(25)23(7)36(17)10)14-12-26-20(4)38(24(8)34(26)28)37-21(5)31-15-29-18(2)35(9)19(3)30(29)16-32(31)22(37)6/h11-16H,1-8H2,9-10H3. The highest BCUT2D eigenvalue weighted by atomic mass is 15.5. The Kier molecular flexibility index (Phi) is 4.02. The molecule has 0 aliphatic carbocycles. The van der Waals surface area contributed by atoms with Gasteiger partial charge in [0.25, 0.3) is 0 Å². The molecule has 7 aromatic rings. The van der Waals surface area contributed by atoms with Crippen LogP contribution in [0, 0.1) is 0 Å². The summed E-state index contributed by atoms with van der Waals surface area (Å²) in [5.41, 5.74) is 0. The molecule has 0 saturated carbocycles. The van der Waals surface area contributed by atoms with Gasteiger partial charge >= 0.3 is 0 Å². The first-order chi connectivity index (χ1) is 18.0. The van der Waals surface area contributed by atoms with Crippen molar-refractivity contribution in [3.63, 3.8) is 0 Å². The van der Waals surface area contributed by atoms with Crippen molar-refractivity contribution in [2.45, 2.75) is 0 Å². The van der Waals surface area contributed by atoms with E-state index in [-0.39, 0.29) is 0 Å². The minimum Gasteiger partial charge on any atom is -0.345 e. The van der Waals surface area contributed by atoms with Crippen molar-refractivity contribution >= 4 is 106 Å². The number of nitrogens with zero attached hydrogens (tertiary/aromatic N) is 4. The molecule has 0 amide bonds. The van der Waals surface area contributed by atoms with Gasteiger partial charge in [0.15, 0.2) is 0 Å². The summed E-state index contributed by atoms with van der Waals surface area (Å²) in [6.45, 7) is 35.1. The van der Waals surface area contributed by atoms with Crippen molar-refractivity contribution in [1.29, 1.82) is 0 Å². The van der Waals surface area contributed by atoms with Crippen LogP contribution in [0.25, 0.3) is 106 Å². The molecule has 38 heavy (non-hydrogen) atoms. The van der Waals surface area contributed by atoms with Crippen LogP contribution in [0.4, 0.5) is 0 Å². The number of rotatable bonds is 1. The van der Waals surface area contributed by atoms with E-state index in [0.717, 1.165) is 96.7 Å². The van der Waals surface area contributed by atoms with Gasteiger partial charge < -0.3 is 9.13 Å². The summed E-state index contributed by atoms with van der Waals surface area (Å²) in [4.78, 5) is 0. The molecule has 184 valence electrons. The van der Waals surface area contributed by atoms with Crippen LogP contribution in [-0.2, 0) is 14.1 Å². The molecular weight excluding hydrogens is 464 g/mol. The fourth-order valence-corrected chi connectivity index (χ4v) is 6.36. The Morgan fingerprint density at radius 1 is 0.368 bits per heavy atom. The quantitative estimate of drug-likeness (QED) is 0.330. The minimum absolute atomic E-state index is 0.826. The summed E-state index contributed by atoms with van der Waals surface area (Å²) < 4.78 is 8.15. The third-order valence-electron chi connectivity index (χ3n) is 8.64. The number of fused-ring (bicyclic) bond motifs is 7. The molecule has 0 unspecified atom stereocenters. The Balaban J connectivity index is 1.64. The highest BCUT2D eigenvalue weighted by Crippen LogP contribution is 2.26. The Bertz CT molecular complexity index is 2590. The molecule has 0 aliphatic rings. The van der Waals surface area contributed by atoms with Crippen molar-refractivity contribution in [1.82, 2.24) is 18.5 Å². The lowest BCUT2D eigenvalue weighted by Gasteiger charge is -2.07. The van der Waals surface area contributed by atoms with Gasteiger partial charge in [-0.05, 0) is 22.9 Å². The molecule has 4 aromatic heterocycles. The molecule has 0 radical (unpaired) electrons. The van der Waals surface area contributed by atoms with Crippen LogP contribution in [0.5, 0.6) is 0 Å². The number of hydrogen-bond donors (Lipinski definition) is 0. The molecule has 3 aromatic carbocycles. The van der Waals surface area contributed by atoms with E-state index in [1.165, 1.54) is 0 Å². The topological polar surface area (TPSA) is 19.7 Å². The predicted octanol–water partition coefficient (Wildman–Crippen LogP) is 1.33. The van der Waals surface area contributed by atoms with Crippen molar-refractivity contribution in [3.8, 4) is 0 Å². The van der Waals surface area contributed by atoms with Gasteiger partial charge in [-0.2, -0.15) is 0 Å². The fourth-order valence-electron chi connectivity index (χ4n) is 6.36. The second-order valence-corrected chi connectivity index (χ2v) is 10.3. The van der Waals surface area contributed by atoms with Crippen LogP contribution in [0.15, 0.2) is 36.4 Å². The summed E-state index contributed by atoms with van der Waals surface area (Å²) in [5.74, 6) is 0. The molecule has 4 heterocycles. The van der Waals surface area contributed by atoms with Gasteiger partial charge in [-0.3, -0.25) is 0 Å². The summed E-state index contributed by atoms with van der Waals surface area (Å²) in [6, 6.07) is 12.9. The van der Waals surface area contributed by atoms with E-state index < -0.39 is 0 Å². The maximum absolute atomic E-state index is 4.55. The van der Waals surface area contributed by atoms with Crippen LogP contribution in [-0.4, -0.2) is 18.5 Å². The number of hydrogen-bond acceptors (Lipinski definition) is 0. The Morgan fingerprint density at radius 3 is 1.21 bits per heavy atom. The van der Waals surface area contributed by atoms with Crippen LogP contribution < -0.4 is 42.8 Å². The second kappa shape index (κ2) is 6.87. The Morgan fingerprint density at radius 2 is 0.684 bits per heavy atom. The average molecular weight is 493 g/mol. The van der Waals surface area contributed by atoms with Gasteiger partial charge in [-0.1, -0.05) is 76.9 Å². The summed E-state index contributed by atoms with van der Waals surface area (Å²) in [6.07, 6.45) is 0. The van der Waals surface area contributed by atoms with Crippen LogP contribution >= 0.6 is 0 Å². The summed E-state index contributed by atoms with van der Waals surface area (Å²) >= 11 is 0. The average Bonchev–Trinajstić information content (AvgIpc) is 3.48. The van der Waals surface area contributed by atoms with Crippen molar-refractivity contribution in [2.75, 3.05) is 0 Å². The van der Waals surface area contributed by atoms with E-state index in [0.29, 0.717) is 0 Å². The molecular formula is C34H28N4. The molecule has 0 aliphatic heterocycles. The predicted molar refractivity (Wildman–Crippen MR) is 166 cm³/mol. The van der Waals surface area contributed by atoms with Crippen LogP contribution in [0.3, 0.4) is 0 Å². The zero-order chi connectivity index (χ0) is 26.9. The zero-order valence-electron chi connectivity index (χ0n) is 21.9. The number of benzene rings is 3. The van der Waals surface area contributed by atoms with E-state index in [9.17, 15) is 0 Å². The largest absolute Gasteiger partial charge is 0.345 e. The SMILES string of the molecule is C=c1c2cc3c(=C)n(-n4c(=C)c5ccc6c(ccc7c(=C)n(C)c(=C)c76)c5c4=C)c(=C)c3cc2c(=C)n1C. The first kappa shape index (κ1) is 22.3. The van der Waals surface area contributed by atoms with Crippen molar-refractivity contribution < 1.29 is 0 Å². The van der Waals surface area contributed by atoms with Crippen LogP contribution in [0.2, 0.25) is 0 Å². The summed E-state index contributed by atoms with van der Waals surface area (Å²) in [7, 11) is 4.00. The molecule has 0 atom stereocenters. The molecule has 0 fully saturated rings.